The molecule has 0 fully saturated rings. The van der Waals surface area contributed by atoms with E-state index in [4.69, 9.17) is 4.74 Å². The number of carbonyl (C=O) groups excluding carboxylic acids is 3. The van der Waals surface area contributed by atoms with E-state index in [1.807, 2.05) is 13.0 Å². The zero-order valence-electron chi connectivity index (χ0n) is 13.1. The van der Waals surface area contributed by atoms with E-state index in [1.54, 1.807) is 31.2 Å². The maximum Gasteiger partial charge on any atom is 0.340 e. The number of thiophene rings is 1. The predicted molar refractivity (Wildman–Crippen MR) is 89.2 cm³/mol. The Balaban J connectivity index is 2.10. The molecule has 0 saturated heterocycles. The highest BCUT2D eigenvalue weighted by Gasteiger charge is 2.18. The summed E-state index contributed by atoms with van der Waals surface area (Å²) in [4.78, 5) is 37.1. The molecule has 2 aromatic rings. The van der Waals surface area contributed by atoms with Crippen LogP contribution in [0.4, 0.5) is 5.69 Å². The summed E-state index contributed by atoms with van der Waals surface area (Å²) >= 11 is 1.36. The van der Waals surface area contributed by atoms with Crippen molar-refractivity contribution in [2.24, 2.45) is 0 Å². The van der Waals surface area contributed by atoms with Crippen LogP contribution in [0.1, 0.15) is 37.4 Å². The number of ketones is 1. The minimum atomic E-state index is -0.640. The molecule has 0 spiro atoms. The number of esters is 1. The van der Waals surface area contributed by atoms with Crippen molar-refractivity contribution in [1.82, 2.24) is 0 Å². The minimum absolute atomic E-state index is 0.232. The van der Waals surface area contributed by atoms with Gasteiger partial charge in [-0.25, -0.2) is 4.79 Å². The summed E-state index contributed by atoms with van der Waals surface area (Å²) < 4.78 is 5.10. The summed E-state index contributed by atoms with van der Waals surface area (Å²) in [6, 6.07) is 8.59. The maximum atomic E-state index is 12.2. The van der Waals surface area contributed by atoms with Gasteiger partial charge in [-0.15, -0.1) is 11.3 Å². The molecular weight excluding hydrogens is 314 g/mol. The first-order valence-electron chi connectivity index (χ1n) is 7.02. The summed E-state index contributed by atoms with van der Waals surface area (Å²) in [5, 5.41) is 2.62. The molecule has 23 heavy (non-hydrogen) atoms. The van der Waals surface area contributed by atoms with Gasteiger partial charge in [-0.2, -0.15) is 0 Å². The number of carbonyl (C=O) groups is 3. The lowest BCUT2D eigenvalue weighted by Gasteiger charge is -2.12. The smallest absolute Gasteiger partial charge is 0.340 e. The Morgan fingerprint density at radius 1 is 1.13 bits per heavy atom. The second kappa shape index (κ2) is 7.19. The fraction of sp³-hybridized carbons (Fsp3) is 0.235. The van der Waals surface area contributed by atoms with E-state index in [0.29, 0.717) is 10.6 Å². The third-order valence-electron chi connectivity index (χ3n) is 3.14. The quantitative estimate of drug-likeness (QED) is 0.673. The average molecular weight is 331 g/mol. The highest BCUT2D eigenvalue weighted by Crippen LogP contribution is 2.22. The second-order valence-corrected chi connectivity index (χ2v) is 6.38. The van der Waals surface area contributed by atoms with E-state index in [0.717, 1.165) is 10.4 Å². The Morgan fingerprint density at radius 2 is 1.87 bits per heavy atom. The zero-order valence-corrected chi connectivity index (χ0v) is 14.0. The van der Waals surface area contributed by atoms with E-state index in [2.05, 4.69) is 5.32 Å². The molecule has 1 aromatic heterocycles. The topological polar surface area (TPSA) is 72.5 Å². The van der Waals surface area contributed by atoms with Crippen LogP contribution in [0.3, 0.4) is 0 Å². The van der Waals surface area contributed by atoms with Crippen LogP contribution >= 0.6 is 11.3 Å². The van der Waals surface area contributed by atoms with Gasteiger partial charge in [-0.3, -0.25) is 9.59 Å². The van der Waals surface area contributed by atoms with Crippen LogP contribution in [0.5, 0.6) is 0 Å². The highest BCUT2D eigenvalue weighted by atomic mass is 32.1. The van der Waals surface area contributed by atoms with Crippen molar-refractivity contribution in [3.05, 3.63) is 51.2 Å². The Hall–Kier alpha value is -2.47. The molecule has 0 aliphatic rings. The van der Waals surface area contributed by atoms with Gasteiger partial charge in [0.25, 0.3) is 0 Å². The van der Waals surface area contributed by atoms with Gasteiger partial charge in [0.05, 0.1) is 16.1 Å². The van der Waals surface area contributed by atoms with Gasteiger partial charge in [-0.1, -0.05) is 12.1 Å². The predicted octanol–water partition coefficient (Wildman–Crippen LogP) is 3.36. The summed E-state index contributed by atoms with van der Waals surface area (Å²) in [6.45, 7) is 4.72. The molecule has 120 valence electrons. The molecule has 1 heterocycles. The lowest BCUT2D eigenvalue weighted by Crippen LogP contribution is -2.17. The van der Waals surface area contributed by atoms with Crippen molar-refractivity contribution in [2.75, 3.05) is 11.9 Å². The Bertz CT molecular complexity index is 764. The highest BCUT2D eigenvalue weighted by molar-refractivity contribution is 7.14. The van der Waals surface area contributed by atoms with Gasteiger partial charge in [0, 0.05) is 11.8 Å². The largest absolute Gasteiger partial charge is 0.454 e. The average Bonchev–Trinajstić information content (AvgIpc) is 2.92. The number of hydrogen-bond donors (Lipinski definition) is 1. The van der Waals surface area contributed by atoms with Crippen LogP contribution in [0.2, 0.25) is 0 Å². The van der Waals surface area contributed by atoms with E-state index in [9.17, 15) is 14.4 Å². The maximum absolute atomic E-state index is 12.2. The van der Waals surface area contributed by atoms with Crippen LogP contribution in [-0.4, -0.2) is 24.3 Å². The summed E-state index contributed by atoms with van der Waals surface area (Å²) in [5.74, 6) is -1.16. The van der Waals surface area contributed by atoms with E-state index < -0.39 is 5.97 Å². The van der Waals surface area contributed by atoms with Crippen molar-refractivity contribution in [1.29, 1.82) is 0 Å². The van der Waals surface area contributed by atoms with Crippen LogP contribution in [0, 0.1) is 13.8 Å². The molecule has 0 atom stereocenters. The van der Waals surface area contributed by atoms with E-state index >= 15 is 0 Å². The Kier molecular flexibility index (Phi) is 5.28. The standard InChI is InChI=1S/C17H17NO4S/c1-10-5-4-6-13(16(10)18-12(3)19)17(21)22-9-14(20)15-8-7-11(2)23-15/h4-8H,9H2,1-3H3,(H,18,19). The van der Waals surface area contributed by atoms with Crippen molar-refractivity contribution >= 4 is 34.7 Å². The number of hydrogen-bond acceptors (Lipinski definition) is 5. The van der Waals surface area contributed by atoms with Crippen molar-refractivity contribution in [3.63, 3.8) is 0 Å². The number of Topliss-reactive ketones (excluding diaryl/α,β-unsaturated/α-hetero) is 1. The van der Waals surface area contributed by atoms with Crippen molar-refractivity contribution in [2.45, 2.75) is 20.8 Å². The SMILES string of the molecule is CC(=O)Nc1c(C)cccc1C(=O)OCC(=O)c1ccc(C)s1. The first kappa shape index (κ1) is 16.9. The van der Waals surface area contributed by atoms with Gasteiger partial charge in [-0.05, 0) is 37.6 Å². The molecule has 1 aromatic carbocycles. The first-order valence-corrected chi connectivity index (χ1v) is 7.84. The molecule has 0 bridgehead atoms. The fourth-order valence-corrected chi connectivity index (χ4v) is 2.84. The Morgan fingerprint density at radius 3 is 2.48 bits per heavy atom. The molecule has 0 radical (unpaired) electrons. The molecular formula is C17H17NO4S. The van der Waals surface area contributed by atoms with Crippen LogP contribution in [-0.2, 0) is 9.53 Å². The molecule has 0 unspecified atom stereocenters. The number of nitrogens with one attached hydrogen (secondary N) is 1. The molecule has 0 saturated carbocycles. The summed E-state index contributed by atoms with van der Waals surface area (Å²) in [7, 11) is 0. The van der Waals surface area contributed by atoms with Crippen molar-refractivity contribution in [3.8, 4) is 0 Å². The van der Waals surface area contributed by atoms with Gasteiger partial charge in [0.2, 0.25) is 11.7 Å². The zero-order chi connectivity index (χ0) is 17.0. The normalized spacial score (nSPS) is 10.2. The molecule has 1 amide bonds. The third-order valence-corrected chi connectivity index (χ3v) is 4.19. The van der Waals surface area contributed by atoms with Gasteiger partial charge in [0.1, 0.15) is 0 Å². The lowest BCUT2D eigenvalue weighted by molar-refractivity contribution is -0.114. The van der Waals surface area contributed by atoms with Crippen LogP contribution in [0.15, 0.2) is 30.3 Å². The molecule has 6 heteroatoms. The summed E-state index contributed by atoms with van der Waals surface area (Å²) in [6.07, 6.45) is 0. The second-order valence-electron chi connectivity index (χ2n) is 5.09. The molecule has 1 N–H and O–H groups in total. The number of benzene rings is 1. The van der Waals surface area contributed by atoms with Crippen LogP contribution in [0.25, 0.3) is 0 Å². The summed E-state index contributed by atoms with van der Waals surface area (Å²) in [5.41, 5.74) is 1.38. The number of ether oxygens (including phenoxy) is 1. The monoisotopic (exact) mass is 331 g/mol. The van der Waals surface area contributed by atoms with Gasteiger partial charge >= 0.3 is 5.97 Å². The van der Waals surface area contributed by atoms with Gasteiger partial charge < -0.3 is 10.1 Å². The lowest BCUT2D eigenvalue weighted by atomic mass is 10.1. The number of aryl methyl sites for hydroxylation is 2. The molecule has 0 aliphatic heterocycles. The van der Waals surface area contributed by atoms with E-state index in [-0.39, 0.29) is 23.9 Å². The molecule has 2 rings (SSSR count). The minimum Gasteiger partial charge on any atom is -0.454 e. The fourth-order valence-electron chi connectivity index (χ4n) is 2.04. The van der Waals surface area contributed by atoms with Crippen molar-refractivity contribution < 1.29 is 19.1 Å². The number of anilines is 1. The van der Waals surface area contributed by atoms with Crippen LogP contribution < -0.4 is 5.32 Å². The molecule has 5 nitrogen and oxygen atoms in total. The molecule has 0 aliphatic carbocycles. The Labute approximate surface area is 138 Å². The number of amides is 1. The number of rotatable bonds is 5. The number of para-hydroxylation sites is 1. The first-order chi connectivity index (χ1) is 10.9. The third kappa shape index (κ3) is 4.26. The van der Waals surface area contributed by atoms with Gasteiger partial charge in [0.15, 0.2) is 6.61 Å². The van der Waals surface area contributed by atoms with E-state index in [1.165, 1.54) is 18.3 Å².